The van der Waals surface area contributed by atoms with Gasteiger partial charge in [0.05, 0.1) is 19.1 Å². The van der Waals surface area contributed by atoms with Crippen LogP contribution in [0, 0.1) is 11.3 Å². The third-order valence-electron chi connectivity index (χ3n) is 3.92. The molecule has 0 N–H and O–H groups in total. The maximum absolute atomic E-state index is 9.24. The van der Waals surface area contributed by atoms with Crippen LogP contribution in [0.5, 0.6) is 5.75 Å². The van der Waals surface area contributed by atoms with Crippen LogP contribution in [-0.2, 0) is 13.0 Å². The van der Waals surface area contributed by atoms with Crippen LogP contribution in [0.15, 0.2) is 30.6 Å². The molecule has 6 nitrogen and oxygen atoms in total. The number of nitriles is 1. The number of benzene rings is 1. The lowest BCUT2D eigenvalue weighted by molar-refractivity contribution is 0.414. The van der Waals surface area contributed by atoms with Gasteiger partial charge in [0.1, 0.15) is 17.3 Å². The number of rotatable bonds is 6. The molecule has 24 heavy (non-hydrogen) atoms. The van der Waals surface area contributed by atoms with Crippen LogP contribution >= 0.6 is 0 Å². The summed E-state index contributed by atoms with van der Waals surface area (Å²) in [4.78, 5) is 13.2. The minimum Gasteiger partial charge on any atom is -0.497 e. The van der Waals surface area contributed by atoms with Gasteiger partial charge in [0.2, 0.25) is 5.82 Å². The van der Waals surface area contributed by atoms with Gasteiger partial charge in [0.25, 0.3) is 0 Å². The van der Waals surface area contributed by atoms with Crippen molar-refractivity contribution in [3.63, 3.8) is 0 Å². The first kappa shape index (κ1) is 15.9. The minimum absolute atomic E-state index is 0.185. The number of aryl methyl sites for hydroxylation is 1. The monoisotopic (exact) mass is 321 g/mol. The molecule has 122 valence electrons. The van der Waals surface area contributed by atoms with E-state index in [0.717, 1.165) is 47.6 Å². The predicted octanol–water partition coefficient (Wildman–Crippen LogP) is 3.10. The van der Waals surface area contributed by atoms with Crippen molar-refractivity contribution in [2.24, 2.45) is 0 Å². The summed E-state index contributed by atoms with van der Waals surface area (Å²) in [6.45, 7) is 2.99. The molecule has 0 spiro atoms. The van der Waals surface area contributed by atoms with Gasteiger partial charge in [0.15, 0.2) is 5.65 Å². The fourth-order valence-corrected chi connectivity index (χ4v) is 2.60. The van der Waals surface area contributed by atoms with E-state index in [-0.39, 0.29) is 5.82 Å². The number of hydrogen-bond donors (Lipinski definition) is 0. The number of unbranched alkanes of at least 4 members (excludes halogenated alkanes) is 1. The number of ether oxygens (including phenoxy) is 1. The van der Waals surface area contributed by atoms with E-state index in [2.05, 4.69) is 27.9 Å². The Balaban J connectivity index is 1.99. The van der Waals surface area contributed by atoms with Crippen LogP contribution in [0.4, 0.5) is 0 Å². The lowest BCUT2D eigenvalue weighted by Gasteiger charge is -2.06. The van der Waals surface area contributed by atoms with Crippen molar-refractivity contribution in [1.82, 2.24) is 19.5 Å². The molecule has 6 heteroatoms. The fraction of sp³-hybridized carbons (Fsp3) is 0.333. The molecule has 3 rings (SSSR count). The van der Waals surface area contributed by atoms with Gasteiger partial charge in [-0.25, -0.2) is 9.97 Å². The summed E-state index contributed by atoms with van der Waals surface area (Å²) in [7, 11) is 1.64. The smallest absolute Gasteiger partial charge is 0.234 e. The van der Waals surface area contributed by atoms with Crippen LogP contribution < -0.4 is 4.74 Å². The Labute approximate surface area is 140 Å². The van der Waals surface area contributed by atoms with E-state index < -0.39 is 0 Å². The largest absolute Gasteiger partial charge is 0.497 e. The molecule has 0 amide bonds. The average Bonchev–Trinajstić information content (AvgIpc) is 3.03. The second kappa shape index (κ2) is 7.09. The van der Waals surface area contributed by atoms with Gasteiger partial charge in [-0.1, -0.05) is 25.5 Å². The minimum atomic E-state index is 0.185. The van der Waals surface area contributed by atoms with E-state index in [1.807, 2.05) is 28.8 Å². The molecule has 2 heterocycles. The molecular formula is C18H19N5O. The summed E-state index contributed by atoms with van der Waals surface area (Å²) in [6, 6.07) is 9.87. The molecule has 0 fully saturated rings. The van der Waals surface area contributed by atoms with Crippen molar-refractivity contribution in [1.29, 1.82) is 5.26 Å². The van der Waals surface area contributed by atoms with E-state index in [1.165, 1.54) is 0 Å². The summed E-state index contributed by atoms with van der Waals surface area (Å²) in [5, 5.41) is 9.24. The maximum atomic E-state index is 9.24. The van der Waals surface area contributed by atoms with Gasteiger partial charge in [-0.05, 0) is 24.1 Å². The summed E-state index contributed by atoms with van der Waals surface area (Å²) >= 11 is 0. The number of nitrogens with zero attached hydrogens (tertiary/aromatic N) is 5. The molecule has 0 saturated heterocycles. The Morgan fingerprint density at radius 3 is 2.67 bits per heavy atom. The first-order valence-electron chi connectivity index (χ1n) is 8.00. The van der Waals surface area contributed by atoms with Crippen molar-refractivity contribution >= 4 is 11.2 Å². The highest BCUT2D eigenvalue weighted by atomic mass is 16.5. The van der Waals surface area contributed by atoms with Gasteiger partial charge in [-0.15, -0.1) is 0 Å². The second-order valence-corrected chi connectivity index (χ2v) is 5.59. The first-order chi connectivity index (χ1) is 11.7. The number of methoxy groups -OCH3 is 1. The van der Waals surface area contributed by atoms with Gasteiger partial charge < -0.3 is 9.30 Å². The topological polar surface area (TPSA) is 76.6 Å². The molecule has 3 aromatic rings. The van der Waals surface area contributed by atoms with Crippen molar-refractivity contribution in [2.75, 3.05) is 7.11 Å². The van der Waals surface area contributed by atoms with Gasteiger partial charge >= 0.3 is 0 Å². The maximum Gasteiger partial charge on any atom is 0.234 e. The van der Waals surface area contributed by atoms with Crippen molar-refractivity contribution < 1.29 is 4.74 Å². The summed E-state index contributed by atoms with van der Waals surface area (Å²) in [5.74, 6) is 0.998. The lowest BCUT2D eigenvalue weighted by Crippen LogP contribution is -2.03. The van der Waals surface area contributed by atoms with Crippen LogP contribution in [-0.4, -0.2) is 26.6 Å². The van der Waals surface area contributed by atoms with Gasteiger partial charge in [0, 0.05) is 13.0 Å². The van der Waals surface area contributed by atoms with Crippen molar-refractivity contribution in [3.05, 3.63) is 47.7 Å². The molecule has 1 aromatic carbocycles. The molecule has 0 saturated carbocycles. The highest BCUT2D eigenvalue weighted by molar-refractivity contribution is 5.74. The number of imidazole rings is 1. The molecule has 0 unspecified atom stereocenters. The molecule has 0 aliphatic carbocycles. The highest BCUT2D eigenvalue weighted by Gasteiger charge is 2.13. The molecule has 0 atom stereocenters. The van der Waals surface area contributed by atoms with Crippen LogP contribution in [0.2, 0.25) is 0 Å². The normalized spacial score (nSPS) is 10.7. The lowest BCUT2D eigenvalue weighted by atomic mass is 10.1. The quantitative estimate of drug-likeness (QED) is 0.697. The van der Waals surface area contributed by atoms with E-state index in [1.54, 1.807) is 13.4 Å². The third kappa shape index (κ3) is 3.20. The first-order valence-corrected chi connectivity index (χ1v) is 8.00. The zero-order valence-electron chi connectivity index (χ0n) is 13.9. The second-order valence-electron chi connectivity index (χ2n) is 5.59. The third-order valence-corrected chi connectivity index (χ3v) is 3.92. The zero-order chi connectivity index (χ0) is 16.9. The van der Waals surface area contributed by atoms with E-state index in [0.29, 0.717) is 6.42 Å². The summed E-state index contributed by atoms with van der Waals surface area (Å²) < 4.78 is 7.18. The van der Waals surface area contributed by atoms with E-state index in [9.17, 15) is 5.26 Å². The molecule has 0 radical (unpaired) electrons. The van der Waals surface area contributed by atoms with E-state index >= 15 is 0 Å². The average molecular weight is 321 g/mol. The summed E-state index contributed by atoms with van der Waals surface area (Å²) in [5.41, 5.74) is 3.36. The Morgan fingerprint density at radius 2 is 2.00 bits per heavy atom. The molecular weight excluding hydrogens is 302 g/mol. The highest BCUT2D eigenvalue weighted by Crippen LogP contribution is 2.20. The standard InChI is InChI=1S/C18H19N5O/c1-3-4-9-23-12-20-17-15(21-16(11-19)22-18(17)23)10-13-5-7-14(24-2)8-6-13/h5-8,12H,3-4,9-10H2,1-2H3. The summed E-state index contributed by atoms with van der Waals surface area (Å²) in [6.07, 6.45) is 4.52. The van der Waals surface area contributed by atoms with Crippen LogP contribution in [0.1, 0.15) is 36.8 Å². The number of hydrogen-bond acceptors (Lipinski definition) is 5. The van der Waals surface area contributed by atoms with Crippen molar-refractivity contribution in [3.8, 4) is 11.8 Å². The SMILES string of the molecule is CCCCn1cnc2c(Cc3ccc(OC)cc3)nc(C#N)nc21. The molecule has 2 aromatic heterocycles. The molecule has 0 bridgehead atoms. The Hall–Kier alpha value is -2.94. The Morgan fingerprint density at radius 1 is 1.21 bits per heavy atom. The Bertz CT molecular complexity index is 877. The van der Waals surface area contributed by atoms with Gasteiger partial charge in [-0.3, -0.25) is 0 Å². The number of aromatic nitrogens is 4. The predicted molar refractivity (Wildman–Crippen MR) is 90.7 cm³/mol. The number of fused-ring (bicyclic) bond motifs is 1. The van der Waals surface area contributed by atoms with Crippen LogP contribution in [0.3, 0.4) is 0 Å². The fourth-order valence-electron chi connectivity index (χ4n) is 2.60. The van der Waals surface area contributed by atoms with Crippen LogP contribution in [0.25, 0.3) is 11.2 Å². The van der Waals surface area contributed by atoms with Gasteiger partial charge in [-0.2, -0.15) is 10.2 Å². The van der Waals surface area contributed by atoms with Crippen molar-refractivity contribution in [2.45, 2.75) is 32.7 Å². The Kier molecular flexibility index (Phi) is 4.71. The molecule has 0 aliphatic heterocycles. The van der Waals surface area contributed by atoms with E-state index in [4.69, 9.17) is 4.74 Å². The zero-order valence-corrected chi connectivity index (χ0v) is 13.9. The molecule has 0 aliphatic rings.